The minimum absolute atomic E-state index is 0.0730. The van der Waals surface area contributed by atoms with Gasteiger partial charge in [0, 0.05) is 22.3 Å². The van der Waals surface area contributed by atoms with Gasteiger partial charge in [0.15, 0.2) is 0 Å². The number of ether oxygens (including phenoxy) is 3. The number of nitriles is 1. The van der Waals surface area contributed by atoms with Crippen LogP contribution in [0.1, 0.15) is 22.3 Å². The first-order valence-corrected chi connectivity index (χ1v) is 12.6. The van der Waals surface area contributed by atoms with E-state index < -0.39 is 5.91 Å². The molecule has 0 aliphatic rings. The number of carbonyl (C=O) groups is 1. The number of methoxy groups -OCH3 is 1. The lowest BCUT2D eigenvalue weighted by Crippen LogP contribution is -2.13. The molecule has 39 heavy (non-hydrogen) atoms. The topological polar surface area (TPSA) is 80.6 Å². The lowest BCUT2D eigenvalue weighted by Gasteiger charge is -2.12. The molecule has 1 amide bonds. The predicted molar refractivity (Wildman–Crippen MR) is 153 cm³/mol. The van der Waals surface area contributed by atoms with E-state index in [-0.39, 0.29) is 12.2 Å². The van der Waals surface area contributed by atoms with Crippen molar-refractivity contribution in [2.24, 2.45) is 0 Å². The summed E-state index contributed by atoms with van der Waals surface area (Å²) in [4.78, 5) is 12.9. The van der Waals surface area contributed by atoms with Crippen LogP contribution < -0.4 is 19.5 Å². The molecule has 0 radical (unpaired) electrons. The van der Waals surface area contributed by atoms with E-state index in [1.54, 1.807) is 61.7 Å². The molecular weight excluding hydrogens is 512 g/mol. The molecular formula is C32H27ClN2O4. The smallest absolute Gasteiger partial charge is 0.266 e. The Morgan fingerprint density at radius 3 is 2.13 bits per heavy atom. The van der Waals surface area contributed by atoms with Crippen LogP contribution in [0, 0.1) is 18.3 Å². The monoisotopic (exact) mass is 538 g/mol. The van der Waals surface area contributed by atoms with Crippen LogP contribution in [0.5, 0.6) is 17.2 Å². The molecule has 196 valence electrons. The highest BCUT2D eigenvalue weighted by molar-refractivity contribution is 6.30. The lowest BCUT2D eigenvalue weighted by atomic mass is 10.1. The van der Waals surface area contributed by atoms with Crippen molar-refractivity contribution in [3.05, 3.63) is 124 Å². The van der Waals surface area contributed by atoms with Gasteiger partial charge >= 0.3 is 0 Å². The molecule has 4 rings (SSSR count). The molecule has 4 aromatic rings. The molecule has 6 nitrogen and oxygen atoms in total. The molecule has 0 spiro atoms. The van der Waals surface area contributed by atoms with Crippen molar-refractivity contribution >= 4 is 29.3 Å². The van der Waals surface area contributed by atoms with Crippen LogP contribution in [0.3, 0.4) is 0 Å². The second-order valence-electron chi connectivity index (χ2n) is 8.74. The summed E-state index contributed by atoms with van der Waals surface area (Å²) in [5.74, 6) is 1.20. The van der Waals surface area contributed by atoms with Crippen LogP contribution in [0.15, 0.2) is 96.6 Å². The Bertz CT molecular complexity index is 1490. The molecule has 7 heteroatoms. The number of nitrogens with one attached hydrogen (secondary N) is 1. The number of aryl methyl sites for hydroxylation is 1. The van der Waals surface area contributed by atoms with E-state index in [0.29, 0.717) is 40.1 Å². The number of halogens is 1. The first kappa shape index (κ1) is 27.3. The fraction of sp³-hybridized carbons (Fsp3) is 0.125. The molecule has 0 aromatic heterocycles. The summed E-state index contributed by atoms with van der Waals surface area (Å²) in [6.45, 7) is 2.76. The van der Waals surface area contributed by atoms with E-state index in [1.165, 1.54) is 11.6 Å². The predicted octanol–water partition coefficient (Wildman–Crippen LogP) is 7.36. The van der Waals surface area contributed by atoms with Crippen molar-refractivity contribution in [2.45, 2.75) is 20.1 Å². The fourth-order valence-electron chi connectivity index (χ4n) is 3.62. The van der Waals surface area contributed by atoms with Gasteiger partial charge in [0.25, 0.3) is 5.91 Å². The molecule has 0 fully saturated rings. The summed E-state index contributed by atoms with van der Waals surface area (Å²) < 4.78 is 17.1. The Hall–Kier alpha value is -4.73. The van der Waals surface area contributed by atoms with Gasteiger partial charge in [-0.25, -0.2) is 0 Å². The molecule has 1 N–H and O–H groups in total. The highest BCUT2D eigenvalue weighted by Gasteiger charge is 2.13. The Labute approximate surface area is 233 Å². The van der Waals surface area contributed by atoms with Crippen molar-refractivity contribution in [3.8, 4) is 23.3 Å². The molecule has 4 aromatic carbocycles. The fourth-order valence-corrected chi connectivity index (χ4v) is 3.74. The van der Waals surface area contributed by atoms with Gasteiger partial charge in [-0.05, 0) is 72.7 Å². The number of hydrogen-bond donors (Lipinski definition) is 1. The third kappa shape index (κ3) is 7.88. The number of benzene rings is 4. The summed E-state index contributed by atoms with van der Waals surface area (Å²) in [5.41, 5.74) is 4.21. The van der Waals surface area contributed by atoms with Gasteiger partial charge in [-0.1, -0.05) is 53.6 Å². The largest absolute Gasteiger partial charge is 0.497 e. The number of amides is 1. The highest BCUT2D eigenvalue weighted by Crippen LogP contribution is 2.28. The lowest BCUT2D eigenvalue weighted by molar-refractivity contribution is -0.112. The molecule has 0 heterocycles. The van der Waals surface area contributed by atoms with Crippen molar-refractivity contribution in [1.29, 1.82) is 5.26 Å². The van der Waals surface area contributed by atoms with Crippen molar-refractivity contribution in [1.82, 2.24) is 0 Å². The van der Waals surface area contributed by atoms with Crippen LogP contribution in [0.25, 0.3) is 6.08 Å². The molecule has 0 atom stereocenters. The SMILES string of the molecule is COc1ccc(/C=C(\C#N)C(=O)Nc2ccc(OCc3ccc(C)cc3)cc2)c(OCc2ccc(Cl)cc2)c1. The van der Waals surface area contributed by atoms with Gasteiger partial charge in [0.1, 0.15) is 42.1 Å². The summed E-state index contributed by atoms with van der Waals surface area (Å²) >= 11 is 5.96. The highest BCUT2D eigenvalue weighted by atomic mass is 35.5. The number of hydrogen-bond acceptors (Lipinski definition) is 5. The molecule has 0 aliphatic carbocycles. The second kappa shape index (κ2) is 13.2. The van der Waals surface area contributed by atoms with Crippen LogP contribution >= 0.6 is 11.6 Å². The van der Waals surface area contributed by atoms with Crippen molar-refractivity contribution in [3.63, 3.8) is 0 Å². The third-order valence-electron chi connectivity index (χ3n) is 5.83. The maximum absolute atomic E-state index is 12.9. The first-order valence-electron chi connectivity index (χ1n) is 12.2. The van der Waals surface area contributed by atoms with E-state index in [9.17, 15) is 10.1 Å². The van der Waals surface area contributed by atoms with Gasteiger partial charge in [0.05, 0.1) is 7.11 Å². The van der Waals surface area contributed by atoms with Crippen LogP contribution in [0.2, 0.25) is 5.02 Å². The van der Waals surface area contributed by atoms with Gasteiger partial charge in [0.2, 0.25) is 0 Å². The van der Waals surface area contributed by atoms with Crippen LogP contribution in [-0.4, -0.2) is 13.0 Å². The second-order valence-corrected chi connectivity index (χ2v) is 9.18. The summed E-state index contributed by atoms with van der Waals surface area (Å²) in [6.07, 6.45) is 1.49. The minimum atomic E-state index is -0.537. The van der Waals surface area contributed by atoms with Gasteiger partial charge in [-0.2, -0.15) is 5.26 Å². The number of nitrogens with zero attached hydrogens (tertiary/aromatic N) is 1. The molecule has 0 saturated carbocycles. The zero-order valence-corrected chi connectivity index (χ0v) is 22.4. The zero-order valence-electron chi connectivity index (χ0n) is 21.6. The maximum Gasteiger partial charge on any atom is 0.266 e. The quantitative estimate of drug-likeness (QED) is 0.168. The standard InChI is InChI=1S/C32H27ClN2O4/c1-22-3-5-23(6-4-22)20-38-29-15-12-28(13-16-29)35-32(36)26(19-34)17-25-9-14-30(37-2)18-31(25)39-21-24-7-10-27(33)11-8-24/h3-18H,20-21H2,1-2H3,(H,35,36)/b26-17+. The van der Waals surface area contributed by atoms with E-state index in [0.717, 1.165) is 11.1 Å². The Morgan fingerprint density at radius 1 is 0.872 bits per heavy atom. The number of rotatable bonds is 10. The van der Waals surface area contributed by atoms with Crippen LogP contribution in [0.4, 0.5) is 5.69 Å². The molecule has 0 unspecified atom stereocenters. The van der Waals surface area contributed by atoms with E-state index in [4.69, 9.17) is 25.8 Å². The van der Waals surface area contributed by atoms with E-state index in [1.807, 2.05) is 49.4 Å². The molecule has 0 bridgehead atoms. The summed E-state index contributed by atoms with van der Waals surface area (Å²) in [6, 6.07) is 29.6. The van der Waals surface area contributed by atoms with Gasteiger partial charge < -0.3 is 19.5 Å². The average Bonchev–Trinajstić information content (AvgIpc) is 2.96. The Kier molecular flexibility index (Phi) is 9.23. The van der Waals surface area contributed by atoms with Gasteiger partial charge in [-0.15, -0.1) is 0 Å². The van der Waals surface area contributed by atoms with Crippen molar-refractivity contribution in [2.75, 3.05) is 12.4 Å². The molecule has 0 aliphatic heterocycles. The number of anilines is 1. The maximum atomic E-state index is 12.9. The van der Waals surface area contributed by atoms with E-state index in [2.05, 4.69) is 5.32 Å². The Morgan fingerprint density at radius 2 is 1.49 bits per heavy atom. The van der Waals surface area contributed by atoms with Gasteiger partial charge in [-0.3, -0.25) is 4.79 Å². The average molecular weight is 539 g/mol. The van der Waals surface area contributed by atoms with Crippen LogP contribution in [-0.2, 0) is 18.0 Å². The third-order valence-corrected chi connectivity index (χ3v) is 6.08. The molecule has 0 saturated heterocycles. The minimum Gasteiger partial charge on any atom is -0.497 e. The Balaban J connectivity index is 1.43. The summed E-state index contributed by atoms with van der Waals surface area (Å²) in [5, 5.41) is 13.1. The normalized spacial score (nSPS) is 10.9. The number of carbonyl (C=O) groups excluding carboxylic acids is 1. The summed E-state index contributed by atoms with van der Waals surface area (Å²) in [7, 11) is 1.56. The first-order chi connectivity index (χ1) is 18.9. The van der Waals surface area contributed by atoms with E-state index >= 15 is 0 Å². The zero-order chi connectivity index (χ0) is 27.6. The van der Waals surface area contributed by atoms with Crippen molar-refractivity contribution < 1.29 is 19.0 Å².